The standard InChI is InChI=1S/C15H25N3OS/c1-11(2)5-16-6-15-17-12(10-20-15)7-18-8-13-3-4-14(9-18)19-13/h10-11,13-14,16H,3-9H2,1-2H3. The Morgan fingerprint density at radius 2 is 2.15 bits per heavy atom. The molecule has 0 radical (unpaired) electrons. The Balaban J connectivity index is 1.47. The van der Waals surface area contributed by atoms with Crippen LogP contribution in [-0.2, 0) is 17.8 Å². The van der Waals surface area contributed by atoms with Gasteiger partial charge in [-0.15, -0.1) is 11.3 Å². The fourth-order valence-electron chi connectivity index (χ4n) is 3.03. The van der Waals surface area contributed by atoms with E-state index in [2.05, 4.69) is 29.4 Å². The molecule has 1 aromatic heterocycles. The lowest BCUT2D eigenvalue weighted by Crippen LogP contribution is -2.42. The molecule has 2 unspecified atom stereocenters. The van der Waals surface area contributed by atoms with Crippen molar-refractivity contribution in [1.82, 2.24) is 15.2 Å². The van der Waals surface area contributed by atoms with E-state index in [1.54, 1.807) is 11.3 Å². The second-order valence-electron chi connectivity index (χ2n) is 6.41. The molecule has 2 saturated heterocycles. The molecule has 112 valence electrons. The molecule has 0 saturated carbocycles. The quantitative estimate of drug-likeness (QED) is 0.873. The Kier molecular flexibility index (Phi) is 4.71. The van der Waals surface area contributed by atoms with E-state index in [1.807, 2.05) is 0 Å². The number of likely N-dealkylation sites (tertiary alicyclic amines) is 1. The highest BCUT2D eigenvalue weighted by atomic mass is 32.1. The van der Waals surface area contributed by atoms with Crippen molar-refractivity contribution in [2.45, 2.75) is 52.0 Å². The third-order valence-corrected chi connectivity index (χ3v) is 4.83. The predicted octanol–water partition coefficient (Wildman–Crippen LogP) is 2.25. The van der Waals surface area contributed by atoms with Crippen LogP contribution in [0.3, 0.4) is 0 Å². The van der Waals surface area contributed by atoms with Crippen LogP contribution in [0.2, 0.25) is 0 Å². The molecule has 20 heavy (non-hydrogen) atoms. The van der Waals surface area contributed by atoms with E-state index in [-0.39, 0.29) is 0 Å². The van der Waals surface area contributed by atoms with Gasteiger partial charge in [0.15, 0.2) is 0 Å². The lowest BCUT2D eigenvalue weighted by atomic mass is 10.2. The third kappa shape index (κ3) is 3.79. The van der Waals surface area contributed by atoms with Crippen molar-refractivity contribution in [3.05, 3.63) is 16.1 Å². The zero-order valence-electron chi connectivity index (χ0n) is 12.5. The number of fused-ring (bicyclic) bond motifs is 2. The lowest BCUT2D eigenvalue weighted by molar-refractivity contribution is -0.0413. The van der Waals surface area contributed by atoms with Crippen molar-refractivity contribution in [1.29, 1.82) is 0 Å². The van der Waals surface area contributed by atoms with E-state index in [0.717, 1.165) is 32.7 Å². The zero-order valence-corrected chi connectivity index (χ0v) is 13.3. The molecule has 5 heteroatoms. The van der Waals surface area contributed by atoms with Gasteiger partial charge in [0.2, 0.25) is 0 Å². The van der Waals surface area contributed by atoms with Crippen molar-refractivity contribution in [3.8, 4) is 0 Å². The van der Waals surface area contributed by atoms with Crippen molar-refractivity contribution in [2.24, 2.45) is 5.92 Å². The van der Waals surface area contributed by atoms with Crippen LogP contribution in [0.5, 0.6) is 0 Å². The highest BCUT2D eigenvalue weighted by Gasteiger charge is 2.33. The summed E-state index contributed by atoms with van der Waals surface area (Å²) in [4.78, 5) is 7.25. The Bertz CT molecular complexity index is 423. The van der Waals surface area contributed by atoms with Crippen LogP contribution in [0, 0.1) is 5.92 Å². The lowest BCUT2D eigenvalue weighted by Gasteiger charge is -2.31. The summed E-state index contributed by atoms with van der Waals surface area (Å²) in [6, 6.07) is 0. The number of aromatic nitrogens is 1. The fourth-order valence-corrected chi connectivity index (χ4v) is 3.78. The molecule has 2 atom stereocenters. The number of thiazole rings is 1. The predicted molar refractivity (Wildman–Crippen MR) is 81.8 cm³/mol. The van der Waals surface area contributed by atoms with Crippen LogP contribution >= 0.6 is 11.3 Å². The summed E-state index contributed by atoms with van der Waals surface area (Å²) in [5, 5.41) is 6.87. The summed E-state index contributed by atoms with van der Waals surface area (Å²) in [5.74, 6) is 0.693. The van der Waals surface area contributed by atoms with Gasteiger partial charge in [-0.1, -0.05) is 13.8 Å². The Hall–Kier alpha value is -0.490. The molecular weight excluding hydrogens is 270 g/mol. The van der Waals surface area contributed by atoms with Crippen LogP contribution in [0.4, 0.5) is 0 Å². The molecular formula is C15H25N3OS. The van der Waals surface area contributed by atoms with Crippen LogP contribution in [0.1, 0.15) is 37.4 Å². The van der Waals surface area contributed by atoms with E-state index in [0.29, 0.717) is 18.1 Å². The van der Waals surface area contributed by atoms with E-state index < -0.39 is 0 Å². The first-order valence-corrected chi connectivity index (χ1v) is 8.59. The number of hydrogen-bond acceptors (Lipinski definition) is 5. The normalized spacial score (nSPS) is 26.6. The Morgan fingerprint density at radius 1 is 1.40 bits per heavy atom. The van der Waals surface area contributed by atoms with Gasteiger partial charge in [0.25, 0.3) is 0 Å². The molecule has 2 fully saturated rings. The second-order valence-corrected chi connectivity index (χ2v) is 7.35. The summed E-state index contributed by atoms with van der Waals surface area (Å²) < 4.78 is 5.88. The number of nitrogens with zero attached hydrogens (tertiary/aromatic N) is 2. The van der Waals surface area contributed by atoms with Gasteiger partial charge in [-0.3, -0.25) is 4.90 Å². The molecule has 0 aromatic carbocycles. The molecule has 1 N–H and O–H groups in total. The average molecular weight is 295 g/mol. The molecule has 1 aromatic rings. The van der Waals surface area contributed by atoms with E-state index in [4.69, 9.17) is 9.72 Å². The molecule has 0 amide bonds. The molecule has 2 bridgehead atoms. The summed E-state index contributed by atoms with van der Waals surface area (Å²) >= 11 is 1.78. The highest BCUT2D eigenvalue weighted by molar-refractivity contribution is 7.09. The van der Waals surface area contributed by atoms with E-state index in [9.17, 15) is 0 Å². The van der Waals surface area contributed by atoms with Gasteiger partial charge in [0, 0.05) is 31.6 Å². The fraction of sp³-hybridized carbons (Fsp3) is 0.800. The highest BCUT2D eigenvalue weighted by Crippen LogP contribution is 2.27. The topological polar surface area (TPSA) is 37.4 Å². The minimum absolute atomic E-state index is 0.472. The van der Waals surface area contributed by atoms with Crippen molar-refractivity contribution in [3.63, 3.8) is 0 Å². The maximum atomic E-state index is 5.88. The van der Waals surface area contributed by atoms with Gasteiger partial charge in [-0.2, -0.15) is 0 Å². The molecule has 3 rings (SSSR count). The maximum Gasteiger partial charge on any atom is 0.107 e. The van der Waals surface area contributed by atoms with Crippen LogP contribution in [-0.4, -0.2) is 41.7 Å². The van der Waals surface area contributed by atoms with Crippen molar-refractivity contribution < 1.29 is 4.74 Å². The Labute approximate surface area is 125 Å². The summed E-state index contributed by atoms with van der Waals surface area (Å²) in [5.41, 5.74) is 1.22. The summed E-state index contributed by atoms with van der Waals surface area (Å²) in [6.07, 6.45) is 3.42. The molecule has 0 spiro atoms. The first-order valence-electron chi connectivity index (χ1n) is 7.71. The first-order chi connectivity index (χ1) is 9.69. The van der Waals surface area contributed by atoms with Crippen molar-refractivity contribution >= 4 is 11.3 Å². The average Bonchev–Trinajstić information content (AvgIpc) is 2.96. The number of morpholine rings is 1. The van der Waals surface area contributed by atoms with Gasteiger partial charge >= 0.3 is 0 Å². The largest absolute Gasteiger partial charge is 0.372 e. The summed E-state index contributed by atoms with van der Waals surface area (Å²) in [7, 11) is 0. The van der Waals surface area contributed by atoms with Gasteiger partial charge < -0.3 is 10.1 Å². The van der Waals surface area contributed by atoms with Crippen LogP contribution in [0.15, 0.2) is 5.38 Å². The minimum atomic E-state index is 0.472. The maximum absolute atomic E-state index is 5.88. The number of hydrogen-bond donors (Lipinski definition) is 1. The number of rotatable bonds is 6. The van der Waals surface area contributed by atoms with Gasteiger partial charge in [0.05, 0.1) is 17.9 Å². The SMILES string of the molecule is CC(C)CNCc1nc(CN2CC3CCC(C2)O3)cs1. The molecule has 2 aliphatic rings. The van der Waals surface area contributed by atoms with Gasteiger partial charge in [0.1, 0.15) is 5.01 Å². The smallest absolute Gasteiger partial charge is 0.107 e. The minimum Gasteiger partial charge on any atom is -0.372 e. The van der Waals surface area contributed by atoms with E-state index in [1.165, 1.54) is 23.5 Å². The number of nitrogens with one attached hydrogen (secondary N) is 1. The van der Waals surface area contributed by atoms with Gasteiger partial charge in [-0.25, -0.2) is 4.98 Å². The van der Waals surface area contributed by atoms with Crippen molar-refractivity contribution in [2.75, 3.05) is 19.6 Å². The third-order valence-electron chi connectivity index (χ3n) is 3.93. The first kappa shape index (κ1) is 14.4. The van der Waals surface area contributed by atoms with Gasteiger partial charge in [-0.05, 0) is 25.3 Å². The van der Waals surface area contributed by atoms with Crippen LogP contribution in [0.25, 0.3) is 0 Å². The molecule has 0 aliphatic carbocycles. The van der Waals surface area contributed by atoms with E-state index >= 15 is 0 Å². The molecule has 3 heterocycles. The molecule has 4 nitrogen and oxygen atoms in total. The second kappa shape index (κ2) is 6.52. The molecule has 2 aliphatic heterocycles. The zero-order chi connectivity index (χ0) is 13.9. The Morgan fingerprint density at radius 3 is 2.85 bits per heavy atom. The number of ether oxygens (including phenoxy) is 1. The summed E-state index contributed by atoms with van der Waals surface area (Å²) in [6.45, 7) is 9.56. The monoisotopic (exact) mass is 295 g/mol. The van der Waals surface area contributed by atoms with Crippen LogP contribution < -0.4 is 5.32 Å².